The van der Waals surface area contributed by atoms with Gasteiger partial charge in [0, 0.05) is 12.1 Å². The van der Waals surface area contributed by atoms with Crippen molar-refractivity contribution in [3.8, 4) is 0 Å². The Bertz CT molecular complexity index is 820. The minimum absolute atomic E-state index is 0.0839. The summed E-state index contributed by atoms with van der Waals surface area (Å²) in [6, 6.07) is 1.30. The molecule has 1 aliphatic rings. The predicted octanol–water partition coefficient (Wildman–Crippen LogP) is 3.31. The lowest BCUT2D eigenvalue weighted by molar-refractivity contribution is -0.138. The molecule has 25 heavy (non-hydrogen) atoms. The van der Waals surface area contributed by atoms with Crippen LogP contribution in [0.2, 0.25) is 5.02 Å². The van der Waals surface area contributed by atoms with Gasteiger partial charge in [-0.25, -0.2) is 4.39 Å². The van der Waals surface area contributed by atoms with Crippen LogP contribution in [0.15, 0.2) is 30.4 Å². The Hall–Kier alpha value is -2.26. The summed E-state index contributed by atoms with van der Waals surface area (Å²) in [6.45, 7) is 3.33. The Morgan fingerprint density at radius 3 is 2.52 bits per heavy atom. The quantitative estimate of drug-likeness (QED) is 0.282. The molecule has 1 heterocycles. The zero-order valence-corrected chi connectivity index (χ0v) is 13.9. The highest BCUT2D eigenvalue weighted by atomic mass is 35.5. The summed E-state index contributed by atoms with van der Waals surface area (Å²) in [5.74, 6) is -3.41. The molecule has 0 aliphatic carbocycles. The standard InChI is InChI=1S/C15H9ClF4N2O2S/c1-2-5-22-13(24)8(12(23)21-14(22)25)6-7-9(15(18,19)20)3-4-10(16)11(7)17/h2-4,6H,1,5H2,(H,21,23,25)/b8-6+. The van der Waals surface area contributed by atoms with Crippen molar-refractivity contribution in [3.63, 3.8) is 0 Å². The number of rotatable bonds is 3. The number of carbonyl (C=O) groups excluding carboxylic acids is 2. The molecule has 1 aliphatic heterocycles. The zero-order valence-electron chi connectivity index (χ0n) is 12.3. The van der Waals surface area contributed by atoms with Crippen molar-refractivity contribution in [3.05, 3.63) is 52.3 Å². The van der Waals surface area contributed by atoms with E-state index in [2.05, 4.69) is 11.9 Å². The van der Waals surface area contributed by atoms with Crippen LogP contribution in [0.3, 0.4) is 0 Å². The number of alkyl halides is 3. The zero-order chi connectivity index (χ0) is 18.9. The van der Waals surface area contributed by atoms with Crippen LogP contribution < -0.4 is 5.32 Å². The van der Waals surface area contributed by atoms with E-state index in [9.17, 15) is 27.2 Å². The number of hydrogen-bond donors (Lipinski definition) is 1. The number of benzene rings is 1. The molecule has 0 aromatic heterocycles. The summed E-state index contributed by atoms with van der Waals surface area (Å²) in [7, 11) is 0. The van der Waals surface area contributed by atoms with Crippen LogP contribution in [0, 0.1) is 5.82 Å². The van der Waals surface area contributed by atoms with Gasteiger partial charge in [0.2, 0.25) is 0 Å². The molecule has 0 bridgehead atoms. The molecule has 10 heteroatoms. The molecular weight excluding hydrogens is 384 g/mol. The highest BCUT2D eigenvalue weighted by Crippen LogP contribution is 2.36. The van der Waals surface area contributed by atoms with E-state index in [1.807, 2.05) is 0 Å². The second-order valence-electron chi connectivity index (χ2n) is 4.84. The van der Waals surface area contributed by atoms with Gasteiger partial charge in [0.25, 0.3) is 11.8 Å². The SMILES string of the molecule is C=CCN1C(=O)/C(=C/c2c(C(F)(F)F)ccc(Cl)c2F)C(=O)NC1=S. The molecule has 1 saturated heterocycles. The summed E-state index contributed by atoms with van der Waals surface area (Å²) in [4.78, 5) is 25.2. The summed E-state index contributed by atoms with van der Waals surface area (Å²) < 4.78 is 53.4. The van der Waals surface area contributed by atoms with Crippen LogP contribution in [0.4, 0.5) is 17.6 Å². The first-order valence-electron chi connectivity index (χ1n) is 6.63. The first kappa shape index (κ1) is 19.1. The van der Waals surface area contributed by atoms with E-state index in [4.69, 9.17) is 23.8 Å². The summed E-state index contributed by atoms with van der Waals surface area (Å²) in [6.07, 6.45) is -3.10. The maximum Gasteiger partial charge on any atom is 0.417 e. The van der Waals surface area contributed by atoms with Crippen LogP contribution in [0.1, 0.15) is 11.1 Å². The third-order valence-electron chi connectivity index (χ3n) is 3.22. The molecule has 1 aromatic carbocycles. The molecule has 0 unspecified atom stereocenters. The lowest BCUT2D eigenvalue weighted by Crippen LogP contribution is -2.53. The minimum atomic E-state index is -4.91. The van der Waals surface area contributed by atoms with Gasteiger partial charge in [0.15, 0.2) is 5.11 Å². The Morgan fingerprint density at radius 2 is 1.96 bits per heavy atom. The third-order valence-corrected chi connectivity index (χ3v) is 3.84. The third kappa shape index (κ3) is 3.72. The van der Waals surface area contributed by atoms with Crippen molar-refractivity contribution in [1.82, 2.24) is 10.2 Å². The second-order valence-corrected chi connectivity index (χ2v) is 5.64. The van der Waals surface area contributed by atoms with Crippen molar-refractivity contribution in [2.75, 3.05) is 6.54 Å². The predicted molar refractivity (Wildman–Crippen MR) is 87.0 cm³/mol. The van der Waals surface area contributed by atoms with Gasteiger partial charge >= 0.3 is 6.18 Å². The fraction of sp³-hybridized carbons (Fsp3) is 0.133. The van der Waals surface area contributed by atoms with E-state index in [0.717, 1.165) is 11.0 Å². The Labute approximate surface area is 149 Å². The summed E-state index contributed by atoms with van der Waals surface area (Å²) in [5.41, 5.74) is -3.09. The summed E-state index contributed by atoms with van der Waals surface area (Å²) >= 11 is 10.3. The first-order valence-corrected chi connectivity index (χ1v) is 7.41. The van der Waals surface area contributed by atoms with Crippen LogP contribution in [-0.2, 0) is 15.8 Å². The molecule has 1 N–H and O–H groups in total. The highest BCUT2D eigenvalue weighted by Gasteiger charge is 2.37. The number of nitrogens with zero attached hydrogens (tertiary/aromatic N) is 1. The van der Waals surface area contributed by atoms with E-state index in [-0.39, 0.29) is 11.7 Å². The molecule has 1 fully saturated rings. The van der Waals surface area contributed by atoms with Gasteiger partial charge < -0.3 is 0 Å². The van der Waals surface area contributed by atoms with Crippen LogP contribution in [0.5, 0.6) is 0 Å². The van der Waals surface area contributed by atoms with Crippen molar-refractivity contribution in [1.29, 1.82) is 0 Å². The number of thiocarbonyl (C=S) groups is 1. The average molecular weight is 393 g/mol. The topological polar surface area (TPSA) is 49.4 Å². The minimum Gasteiger partial charge on any atom is -0.298 e. The van der Waals surface area contributed by atoms with Crippen molar-refractivity contribution in [2.24, 2.45) is 0 Å². The number of amides is 2. The van der Waals surface area contributed by atoms with Crippen LogP contribution >= 0.6 is 23.8 Å². The molecule has 1 aromatic rings. The van der Waals surface area contributed by atoms with Gasteiger partial charge in [-0.1, -0.05) is 17.7 Å². The van der Waals surface area contributed by atoms with E-state index < -0.39 is 45.5 Å². The van der Waals surface area contributed by atoms with Gasteiger partial charge in [0.1, 0.15) is 11.4 Å². The molecule has 2 amide bonds. The average Bonchev–Trinajstić information content (AvgIpc) is 2.50. The molecule has 0 spiro atoms. The fourth-order valence-electron chi connectivity index (χ4n) is 2.09. The molecule has 2 rings (SSSR count). The maximum atomic E-state index is 14.1. The normalized spacial score (nSPS) is 17.1. The van der Waals surface area contributed by atoms with E-state index >= 15 is 0 Å². The van der Waals surface area contributed by atoms with E-state index in [1.165, 1.54) is 6.08 Å². The van der Waals surface area contributed by atoms with Crippen LogP contribution in [-0.4, -0.2) is 28.4 Å². The van der Waals surface area contributed by atoms with Crippen LogP contribution in [0.25, 0.3) is 6.08 Å². The maximum absolute atomic E-state index is 14.1. The second kappa shape index (κ2) is 6.93. The molecule has 132 valence electrons. The van der Waals surface area contributed by atoms with Gasteiger partial charge in [-0.05, 0) is 30.4 Å². The lowest BCUT2D eigenvalue weighted by atomic mass is 10.0. The van der Waals surface area contributed by atoms with E-state index in [0.29, 0.717) is 12.1 Å². The highest BCUT2D eigenvalue weighted by molar-refractivity contribution is 7.80. The Morgan fingerprint density at radius 1 is 1.32 bits per heavy atom. The van der Waals surface area contributed by atoms with Gasteiger partial charge in [-0.2, -0.15) is 13.2 Å². The summed E-state index contributed by atoms with van der Waals surface area (Å²) in [5, 5.41) is 1.34. The smallest absolute Gasteiger partial charge is 0.298 e. The largest absolute Gasteiger partial charge is 0.417 e. The molecule has 0 radical (unpaired) electrons. The van der Waals surface area contributed by atoms with Gasteiger partial charge in [-0.3, -0.25) is 19.8 Å². The van der Waals surface area contributed by atoms with E-state index in [1.54, 1.807) is 0 Å². The monoisotopic (exact) mass is 392 g/mol. The molecule has 4 nitrogen and oxygen atoms in total. The van der Waals surface area contributed by atoms with Crippen molar-refractivity contribution < 1.29 is 27.2 Å². The lowest BCUT2D eigenvalue weighted by Gasteiger charge is -2.28. The molecular formula is C15H9ClF4N2O2S. The van der Waals surface area contributed by atoms with Gasteiger partial charge in [-0.15, -0.1) is 6.58 Å². The van der Waals surface area contributed by atoms with Crippen molar-refractivity contribution >= 4 is 46.8 Å². The molecule has 0 atom stereocenters. The molecule has 0 saturated carbocycles. The van der Waals surface area contributed by atoms with Gasteiger partial charge in [0.05, 0.1) is 10.6 Å². The van der Waals surface area contributed by atoms with Crippen molar-refractivity contribution in [2.45, 2.75) is 6.18 Å². The number of halogens is 5. The Balaban J connectivity index is 2.64. The number of carbonyl (C=O) groups is 2. The number of nitrogens with one attached hydrogen (secondary N) is 1. The fourth-order valence-corrected chi connectivity index (χ4v) is 2.50. The Kier molecular flexibility index (Phi) is 5.28. The number of hydrogen-bond acceptors (Lipinski definition) is 3. The first-order chi connectivity index (χ1) is 11.6.